The minimum absolute atomic E-state index is 0.532. The Labute approximate surface area is 75.8 Å². The Balaban J connectivity index is 2.47. The van der Waals surface area contributed by atoms with Gasteiger partial charge < -0.3 is 5.73 Å². The van der Waals surface area contributed by atoms with Crippen LogP contribution in [0.4, 0.5) is 5.82 Å². The predicted molar refractivity (Wildman–Crippen MR) is 51.0 cm³/mol. The van der Waals surface area contributed by atoms with E-state index in [2.05, 4.69) is 15.2 Å². The molecule has 4 heteroatoms. The third-order valence-electron chi connectivity index (χ3n) is 1.93. The van der Waals surface area contributed by atoms with Crippen molar-refractivity contribution in [3.05, 3.63) is 30.2 Å². The molecule has 4 nitrogen and oxygen atoms in total. The third-order valence-corrected chi connectivity index (χ3v) is 1.93. The standard InChI is InChI=1S/C9H10N4/c1-6-8(5-12-13-6)7-2-3-9(10)11-4-7/h2-5H,1H3,(H2,10,11)(H,12,13). The molecule has 0 bridgehead atoms. The molecule has 0 atom stereocenters. The fourth-order valence-corrected chi connectivity index (χ4v) is 1.21. The third kappa shape index (κ3) is 1.38. The molecule has 0 amide bonds. The van der Waals surface area contributed by atoms with Crippen LogP contribution in [0.3, 0.4) is 0 Å². The van der Waals surface area contributed by atoms with E-state index in [1.54, 1.807) is 18.5 Å². The molecule has 0 aliphatic rings. The SMILES string of the molecule is Cc1[nH]ncc1-c1ccc(N)nc1. The summed E-state index contributed by atoms with van der Waals surface area (Å²) in [7, 11) is 0. The van der Waals surface area contributed by atoms with E-state index < -0.39 is 0 Å². The number of aromatic amines is 1. The average Bonchev–Trinajstić information content (AvgIpc) is 2.53. The first-order valence-corrected chi connectivity index (χ1v) is 3.99. The highest BCUT2D eigenvalue weighted by molar-refractivity contribution is 5.64. The van der Waals surface area contributed by atoms with Gasteiger partial charge >= 0.3 is 0 Å². The van der Waals surface area contributed by atoms with Crippen LogP contribution in [0.15, 0.2) is 24.5 Å². The van der Waals surface area contributed by atoms with Gasteiger partial charge in [0, 0.05) is 23.0 Å². The molecule has 0 fully saturated rings. The second-order valence-corrected chi connectivity index (χ2v) is 2.88. The first-order valence-electron chi connectivity index (χ1n) is 3.99. The Morgan fingerprint density at radius 3 is 2.69 bits per heavy atom. The van der Waals surface area contributed by atoms with Gasteiger partial charge in [-0.3, -0.25) is 5.10 Å². The van der Waals surface area contributed by atoms with Gasteiger partial charge in [0.25, 0.3) is 0 Å². The van der Waals surface area contributed by atoms with E-state index >= 15 is 0 Å². The highest BCUT2D eigenvalue weighted by Crippen LogP contribution is 2.20. The van der Waals surface area contributed by atoms with Gasteiger partial charge in [0.15, 0.2) is 0 Å². The summed E-state index contributed by atoms with van der Waals surface area (Å²) in [4.78, 5) is 4.01. The van der Waals surface area contributed by atoms with E-state index in [1.165, 1.54) is 0 Å². The summed E-state index contributed by atoms with van der Waals surface area (Å²) >= 11 is 0. The lowest BCUT2D eigenvalue weighted by Gasteiger charge is -1.98. The molecule has 0 radical (unpaired) electrons. The number of nitrogens with one attached hydrogen (secondary N) is 1. The zero-order valence-electron chi connectivity index (χ0n) is 7.28. The van der Waals surface area contributed by atoms with Gasteiger partial charge in [0.2, 0.25) is 0 Å². The summed E-state index contributed by atoms with van der Waals surface area (Å²) in [6.07, 6.45) is 3.52. The van der Waals surface area contributed by atoms with Gasteiger partial charge in [-0.05, 0) is 19.1 Å². The van der Waals surface area contributed by atoms with E-state index in [0.29, 0.717) is 5.82 Å². The van der Waals surface area contributed by atoms with Crippen LogP contribution >= 0.6 is 0 Å². The lowest BCUT2D eigenvalue weighted by molar-refractivity contribution is 1.05. The predicted octanol–water partition coefficient (Wildman–Crippen LogP) is 1.36. The first kappa shape index (κ1) is 7.79. The van der Waals surface area contributed by atoms with E-state index in [-0.39, 0.29) is 0 Å². The zero-order chi connectivity index (χ0) is 9.26. The average molecular weight is 174 g/mol. The van der Waals surface area contributed by atoms with Crippen LogP contribution in [-0.4, -0.2) is 15.2 Å². The van der Waals surface area contributed by atoms with Crippen molar-refractivity contribution in [2.45, 2.75) is 6.92 Å². The number of pyridine rings is 1. The van der Waals surface area contributed by atoms with E-state index in [0.717, 1.165) is 16.8 Å². The van der Waals surface area contributed by atoms with Crippen molar-refractivity contribution in [3.63, 3.8) is 0 Å². The minimum atomic E-state index is 0.532. The molecule has 0 saturated heterocycles. The second-order valence-electron chi connectivity index (χ2n) is 2.88. The number of aromatic nitrogens is 3. The Hall–Kier alpha value is -1.84. The summed E-state index contributed by atoms with van der Waals surface area (Å²) in [5, 5.41) is 6.81. The van der Waals surface area contributed by atoms with Crippen LogP contribution in [0.5, 0.6) is 0 Å². The lowest BCUT2D eigenvalue weighted by Crippen LogP contribution is -1.88. The first-order chi connectivity index (χ1) is 6.27. The summed E-state index contributed by atoms with van der Waals surface area (Å²) in [6.45, 7) is 1.97. The number of hydrogen-bond acceptors (Lipinski definition) is 3. The van der Waals surface area contributed by atoms with Crippen LogP contribution in [-0.2, 0) is 0 Å². The van der Waals surface area contributed by atoms with Gasteiger partial charge in [-0.15, -0.1) is 0 Å². The fourth-order valence-electron chi connectivity index (χ4n) is 1.21. The zero-order valence-corrected chi connectivity index (χ0v) is 7.28. The molecule has 0 aliphatic carbocycles. The Morgan fingerprint density at radius 1 is 1.31 bits per heavy atom. The van der Waals surface area contributed by atoms with Crippen molar-refractivity contribution in [1.82, 2.24) is 15.2 Å². The molecule has 2 aromatic heterocycles. The Kier molecular flexibility index (Phi) is 1.73. The molecule has 0 saturated carbocycles. The monoisotopic (exact) mass is 174 g/mol. The van der Waals surface area contributed by atoms with E-state index in [9.17, 15) is 0 Å². The molecule has 13 heavy (non-hydrogen) atoms. The lowest BCUT2D eigenvalue weighted by atomic mass is 10.1. The smallest absolute Gasteiger partial charge is 0.123 e. The van der Waals surface area contributed by atoms with Crippen LogP contribution in [0.25, 0.3) is 11.1 Å². The minimum Gasteiger partial charge on any atom is -0.384 e. The maximum absolute atomic E-state index is 5.48. The van der Waals surface area contributed by atoms with Crippen molar-refractivity contribution < 1.29 is 0 Å². The molecule has 0 aromatic carbocycles. The van der Waals surface area contributed by atoms with Gasteiger partial charge in [-0.25, -0.2) is 4.98 Å². The number of nitrogen functional groups attached to an aromatic ring is 1. The molecule has 0 spiro atoms. The topological polar surface area (TPSA) is 67.6 Å². The van der Waals surface area contributed by atoms with Crippen LogP contribution in [0, 0.1) is 6.92 Å². The largest absolute Gasteiger partial charge is 0.384 e. The maximum Gasteiger partial charge on any atom is 0.123 e. The fraction of sp³-hybridized carbons (Fsp3) is 0.111. The molecule has 0 unspecified atom stereocenters. The van der Waals surface area contributed by atoms with Crippen molar-refractivity contribution in [3.8, 4) is 11.1 Å². The molecule has 0 aliphatic heterocycles. The summed E-state index contributed by atoms with van der Waals surface area (Å²) < 4.78 is 0. The van der Waals surface area contributed by atoms with Crippen LogP contribution < -0.4 is 5.73 Å². The van der Waals surface area contributed by atoms with Crippen molar-refractivity contribution in [1.29, 1.82) is 0 Å². The van der Waals surface area contributed by atoms with Crippen molar-refractivity contribution in [2.75, 3.05) is 5.73 Å². The Bertz CT molecular complexity index is 402. The summed E-state index contributed by atoms with van der Waals surface area (Å²) in [6, 6.07) is 3.71. The molecular formula is C9H10N4. The number of anilines is 1. The van der Waals surface area contributed by atoms with Gasteiger partial charge in [0.05, 0.1) is 6.20 Å². The van der Waals surface area contributed by atoms with Crippen molar-refractivity contribution in [2.24, 2.45) is 0 Å². The van der Waals surface area contributed by atoms with Gasteiger partial charge in [-0.1, -0.05) is 0 Å². The molecule has 2 rings (SSSR count). The summed E-state index contributed by atoms with van der Waals surface area (Å²) in [5.41, 5.74) is 8.61. The van der Waals surface area contributed by atoms with Crippen molar-refractivity contribution >= 4 is 5.82 Å². The maximum atomic E-state index is 5.48. The number of nitrogens with two attached hydrogens (primary N) is 1. The highest BCUT2D eigenvalue weighted by Gasteiger charge is 2.02. The molecule has 2 heterocycles. The second kappa shape index (κ2) is 2.90. The van der Waals surface area contributed by atoms with Crippen LogP contribution in [0.2, 0.25) is 0 Å². The van der Waals surface area contributed by atoms with Crippen LogP contribution in [0.1, 0.15) is 5.69 Å². The number of aryl methyl sites for hydroxylation is 1. The number of nitrogens with zero attached hydrogens (tertiary/aromatic N) is 2. The van der Waals surface area contributed by atoms with E-state index in [4.69, 9.17) is 5.73 Å². The molecular weight excluding hydrogens is 164 g/mol. The quantitative estimate of drug-likeness (QED) is 0.686. The number of hydrogen-bond donors (Lipinski definition) is 2. The highest BCUT2D eigenvalue weighted by atomic mass is 15.1. The normalized spacial score (nSPS) is 10.2. The molecule has 2 aromatic rings. The van der Waals surface area contributed by atoms with Gasteiger partial charge in [0.1, 0.15) is 5.82 Å². The molecule has 3 N–H and O–H groups in total. The Morgan fingerprint density at radius 2 is 2.15 bits per heavy atom. The summed E-state index contributed by atoms with van der Waals surface area (Å²) in [5.74, 6) is 0.532. The number of H-pyrrole nitrogens is 1. The number of rotatable bonds is 1. The van der Waals surface area contributed by atoms with E-state index in [1.807, 2.05) is 13.0 Å². The van der Waals surface area contributed by atoms with Gasteiger partial charge in [-0.2, -0.15) is 5.10 Å². The molecule has 66 valence electrons.